The molecule has 0 spiro atoms. The van der Waals surface area contributed by atoms with Crippen molar-refractivity contribution in [2.75, 3.05) is 46.9 Å². The van der Waals surface area contributed by atoms with Gasteiger partial charge in [-0.05, 0) is 0 Å². The van der Waals surface area contributed by atoms with Crippen LogP contribution >= 0.6 is 0 Å². The molecule has 0 bridgehead atoms. The van der Waals surface area contributed by atoms with Gasteiger partial charge in [-0.2, -0.15) is 0 Å². The SMILES string of the molecule is COCCN1CCN(C)C(=O)C1. The standard InChI is InChI=1S/C8H16N2O2/c1-9-3-4-10(5-6-12-2)7-8(9)11/h3-7H2,1-2H3. The molecule has 0 aliphatic carbocycles. The lowest BCUT2D eigenvalue weighted by Crippen LogP contribution is -2.49. The molecule has 0 atom stereocenters. The summed E-state index contributed by atoms with van der Waals surface area (Å²) in [6.07, 6.45) is 0. The summed E-state index contributed by atoms with van der Waals surface area (Å²) in [5.41, 5.74) is 0. The van der Waals surface area contributed by atoms with E-state index in [1.54, 1.807) is 12.0 Å². The third kappa shape index (κ3) is 2.46. The molecule has 0 saturated carbocycles. The van der Waals surface area contributed by atoms with Gasteiger partial charge in [0.25, 0.3) is 0 Å². The van der Waals surface area contributed by atoms with Crippen LogP contribution in [0.15, 0.2) is 0 Å². The fourth-order valence-corrected chi connectivity index (χ4v) is 1.22. The lowest BCUT2D eigenvalue weighted by molar-refractivity contribution is -0.134. The number of nitrogens with zero attached hydrogens (tertiary/aromatic N) is 2. The number of amides is 1. The van der Waals surface area contributed by atoms with Crippen LogP contribution in [0.3, 0.4) is 0 Å². The summed E-state index contributed by atoms with van der Waals surface area (Å²) in [7, 11) is 3.52. The average molecular weight is 172 g/mol. The Bertz CT molecular complexity index is 159. The van der Waals surface area contributed by atoms with Gasteiger partial charge in [-0.15, -0.1) is 0 Å². The van der Waals surface area contributed by atoms with E-state index in [2.05, 4.69) is 4.90 Å². The van der Waals surface area contributed by atoms with Crippen molar-refractivity contribution in [1.29, 1.82) is 0 Å². The van der Waals surface area contributed by atoms with Gasteiger partial charge in [0.05, 0.1) is 13.2 Å². The smallest absolute Gasteiger partial charge is 0.236 e. The molecule has 0 aromatic heterocycles. The van der Waals surface area contributed by atoms with Crippen molar-refractivity contribution >= 4 is 5.91 Å². The molecule has 1 fully saturated rings. The van der Waals surface area contributed by atoms with Crippen LogP contribution in [0, 0.1) is 0 Å². The zero-order valence-electron chi connectivity index (χ0n) is 7.75. The van der Waals surface area contributed by atoms with Crippen LogP contribution in [0.25, 0.3) is 0 Å². The van der Waals surface area contributed by atoms with E-state index >= 15 is 0 Å². The van der Waals surface area contributed by atoms with Crippen LogP contribution in [0.1, 0.15) is 0 Å². The van der Waals surface area contributed by atoms with Gasteiger partial charge in [-0.3, -0.25) is 9.69 Å². The van der Waals surface area contributed by atoms with Crippen LogP contribution in [0.5, 0.6) is 0 Å². The maximum absolute atomic E-state index is 11.2. The number of hydrogen-bond donors (Lipinski definition) is 0. The predicted molar refractivity (Wildman–Crippen MR) is 46.0 cm³/mol. The second kappa shape index (κ2) is 4.42. The third-order valence-corrected chi connectivity index (χ3v) is 2.15. The van der Waals surface area contributed by atoms with Crippen molar-refractivity contribution in [3.63, 3.8) is 0 Å². The third-order valence-electron chi connectivity index (χ3n) is 2.15. The average Bonchev–Trinajstić information content (AvgIpc) is 2.07. The number of methoxy groups -OCH3 is 1. The van der Waals surface area contributed by atoms with Crippen LogP contribution in [-0.4, -0.2) is 62.7 Å². The lowest BCUT2D eigenvalue weighted by atomic mass is 10.3. The van der Waals surface area contributed by atoms with E-state index in [4.69, 9.17) is 4.74 Å². The molecular formula is C8H16N2O2. The first-order valence-corrected chi connectivity index (χ1v) is 4.19. The number of ether oxygens (including phenoxy) is 1. The zero-order chi connectivity index (χ0) is 8.97. The molecule has 1 amide bonds. The molecule has 1 aliphatic heterocycles. The Morgan fingerprint density at radius 1 is 1.50 bits per heavy atom. The van der Waals surface area contributed by atoms with E-state index in [1.807, 2.05) is 7.05 Å². The van der Waals surface area contributed by atoms with Gasteiger partial charge in [0.15, 0.2) is 0 Å². The van der Waals surface area contributed by atoms with E-state index in [0.29, 0.717) is 13.2 Å². The normalized spacial score (nSPS) is 20.2. The molecule has 1 saturated heterocycles. The Balaban J connectivity index is 2.25. The first kappa shape index (κ1) is 9.48. The summed E-state index contributed by atoms with van der Waals surface area (Å²) < 4.78 is 4.94. The van der Waals surface area contributed by atoms with E-state index in [0.717, 1.165) is 19.6 Å². The molecule has 0 aromatic rings. The van der Waals surface area contributed by atoms with E-state index in [9.17, 15) is 4.79 Å². The van der Waals surface area contributed by atoms with Crippen molar-refractivity contribution in [1.82, 2.24) is 9.80 Å². The highest BCUT2D eigenvalue weighted by atomic mass is 16.5. The Labute approximate surface area is 73.1 Å². The Morgan fingerprint density at radius 2 is 2.25 bits per heavy atom. The molecule has 0 aromatic carbocycles. The fraction of sp³-hybridized carbons (Fsp3) is 0.875. The summed E-state index contributed by atoms with van der Waals surface area (Å²) in [5, 5.41) is 0. The van der Waals surface area contributed by atoms with Gasteiger partial charge in [-0.1, -0.05) is 0 Å². The van der Waals surface area contributed by atoms with Crippen LogP contribution in [0.2, 0.25) is 0 Å². The fourth-order valence-electron chi connectivity index (χ4n) is 1.22. The summed E-state index contributed by atoms with van der Waals surface area (Å²) in [6.45, 7) is 3.90. The van der Waals surface area contributed by atoms with Crippen molar-refractivity contribution in [3.8, 4) is 0 Å². The summed E-state index contributed by atoms with van der Waals surface area (Å²) in [4.78, 5) is 15.1. The van der Waals surface area contributed by atoms with Gasteiger partial charge in [0, 0.05) is 33.8 Å². The molecule has 1 aliphatic rings. The van der Waals surface area contributed by atoms with Gasteiger partial charge in [0.1, 0.15) is 0 Å². The van der Waals surface area contributed by atoms with E-state index < -0.39 is 0 Å². The molecule has 1 rings (SSSR count). The number of likely N-dealkylation sites (N-methyl/N-ethyl adjacent to an activating group) is 1. The second-order valence-corrected chi connectivity index (χ2v) is 3.08. The molecule has 1 heterocycles. The second-order valence-electron chi connectivity index (χ2n) is 3.08. The Morgan fingerprint density at radius 3 is 2.83 bits per heavy atom. The quantitative estimate of drug-likeness (QED) is 0.570. The van der Waals surface area contributed by atoms with Crippen molar-refractivity contribution in [3.05, 3.63) is 0 Å². The number of rotatable bonds is 3. The molecule has 12 heavy (non-hydrogen) atoms. The molecular weight excluding hydrogens is 156 g/mol. The lowest BCUT2D eigenvalue weighted by Gasteiger charge is -2.31. The van der Waals surface area contributed by atoms with Crippen LogP contribution in [0.4, 0.5) is 0 Å². The Hall–Kier alpha value is -0.610. The highest BCUT2D eigenvalue weighted by Gasteiger charge is 2.19. The van der Waals surface area contributed by atoms with Crippen molar-refractivity contribution < 1.29 is 9.53 Å². The number of carbonyl (C=O) groups excluding carboxylic acids is 1. The minimum atomic E-state index is 0.206. The van der Waals surface area contributed by atoms with E-state index in [1.165, 1.54) is 0 Å². The molecule has 0 N–H and O–H groups in total. The molecule has 0 radical (unpaired) electrons. The monoisotopic (exact) mass is 172 g/mol. The minimum Gasteiger partial charge on any atom is -0.383 e. The predicted octanol–water partition coefficient (Wildman–Crippen LogP) is -0.593. The largest absolute Gasteiger partial charge is 0.383 e. The topological polar surface area (TPSA) is 32.8 Å². The van der Waals surface area contributed by atoms with Crippen molar-refractivity contribution in [2.45, 2.75) is 0 Å². The highest BCUT2D eigenvalue weighted by molar-refractivity contribution is 5.78. The summed E-state index contributed by atoms with van der Waals surface area (Å²) in [6, 6.07) is 0. The maximum atomic E-state index is 11.2. The number of piperazine rings is 1. The molecule has 4 nitrogen and oxygen atoms in total. The van der Waals surface area contributed by atoms with Gasteiger partial charge < -0.3 is 9.64 Å². The minimum absolute atomic E-state index is 0.206. The van der Waals surface area contributed by atoms with Gasteiger partial charge >= 0.3 is 0 Å². The maximum Gasteiger partial charge on any atom is 0.236 e. The van der Waals surface area contributed by atoms with Gasteiger partial charge in [-0.25, -0.2) is 0 Å². The van der Waals surface area contributed by atoms with Crippen LogP contribution in [-0.2, 0) is 9.53 Å². The number of carbonyl (C=O) groups is 1. The zero-order valence-corrected chi connectivity index (χ0v) is 7.75. The van der Waals surface area contributed by atoms with Crippen molar-refractivity contribution in [2.24, 2.45) is 0 Å². The number of hydrogen-bond acceptors (Lipinski definition) is 3. The molecule has 4 heteroatoms. The van der Waals surface area contributed by atoms with Crippen LogP contribution < -0.4 is 0 Å². The first-order valence-electron chi connectivity index (χ1n) is 4.19. The van der Waals surface area contributed by atoms with E-state index in [-0.39, 0.29) is 5.91 Å². The first-order chi connectivity index (χ1) is 5.74. The summed E-state index contributed by atoms with van der Waals surface area (Å²) >= 11 is 0. The highest BCUT2D eigenvalue weighted by Crippen LogP contribution is 1.99. The summed E-state index contributed by atoms with van der Waals surface area (Å²) in [5.74, 6) is 0.206. The Kier molecular flexibility index (Phi) is 3.49. The van der Waals surface area contributed by atoms with Gasteiger partial charge in [0.2, 0.25) is 5.91 Å². The molecule has 0 unspecified atom stereocenters. The molecule has 70 valence electrons.